The van der Waals surface area contributed by atoms with Crippen LogP contribution in [0.4, 0.5) is 5.95 Å². The molecule has 2 aromatic rings. The van der Waals surface area contributed by atoms with Crippen molar-refractivity contribution in [2.24, 2.45) is 7.05 Å². The van der Waals surface area contributed by atoms with Gasteiger partial charge in [0, 0.05) is 19.7 Å². The van der Waals surface area contributed by atoms with Gasteiger partial charge in [0.15, 0.2) is 5.65 Å². The maximum atomic E-state index is 6.13. The quantitative estimate of drug-likeness (QED) is 0.908. The predicted octanol–water partition coefficient (Wildman–Crippen LogP) is 2.04. The van der Waals surface area contributed by atoms with Crippen LogP contribution in [0.2, 0.25) is 0 Å². The van der Waals surface area contributed by atoms with Gasteiger partial charge in [-0.15, -0.1) is 0 Å². The van der Waals surface area contributed by atoms with Crippen molar-refractivity contribution in [3.63, 3.8) is 0 Å². The first kappa shape index (κ1) is 13.4. The molecule has 0 saturated heterocycles. The van der Waals surface area contributed by atoms with E-state index in [0.29, 0.717) is 18.1 Å². The van der Waals surface area contributed by atoms with Crippen LogP contribution in [0.1, 0.15) is 44.8 Å². The van der Waals surface area contributed by atoms with Gasteiger partial charge >= 0.3 is 0 Å². The molecule has 0 spiro atoms. The van der Waals surface area contributed by atoms with Crippen LogP contribution in [0.5, 0.6) is 0 Å². The van der Waals surface area contributed by atoms with Crippen molar-refractivity contribution >= 4 is 17.1 Å². The predicted molar refractivity (Wildman–Crippen MR) is 78.6 cm³/mol. The summed E-state index contributed by atoms with van der Waals surface area (Å²) in [6.45, 7) is 4.97. The highest BCUT2D eigenvalue weighted by Crippen LogP contribution is 2.38. The summed E-state index contributed by atoms with van der Waals surface area (Å²) in [5.41, 5.74) is 9.20. The second-order valence-electron chi connectivity index (χ2n) is 5.54. The Morgan fingerprint density at radius 3 is 2.75 bits per heavy atom. The summed E-state index contributed by atoms with van der Waals surface area (Å²) in [7, 11) is 1.97. The van der Waals surface area contributed by atoms with Crippen LogP contribution in [0.3, 0.4) is 0 Å². The average molecular weight is 277 g/mol. The molecule has 0 amide bonds. The van der Waals surface area contributed by atoms with Crippen LogP contribution in [0, 0.1) is 0 Å². The zero-order chi connectivity index (χ0) is 14.3. The van der Waals surface area contributed by atoms with Crippen LogP contribution in [0.25, 0.3) is 11.2 Å². The molecule has 2 N–H and O–H groups in total. The number of anilines is 1. The van der Waals surface area contributed by atoms with Crippen molar-refractivity contribution in [3.05, 3.63) is 5.69 Å². The summed E-state index contributed by atoms with van der Waals surface area (Å²) < 4.78 is 9.69. The molecule has 0 bridgehead atoms. The fourth-order valence-corrected chi connectivity index (χ4v) is 3.11. The molecule has 1 saturated carbocycles. The molecule has 0 radical (unpaired) electrons. The Hall–Kier alpha value is -1.56. The normalized spacial score (nSPS) is 22.4. The number of nitrogens with two attached hydrogens (primary N) is 1. The van der Waals surface area contributed by atoms with Gasteiger partial charge in [0.25, 0.3) is 0 Å². The second-order valence-corrected chi connectivity index (χ2v) is 5.54. The minimum absolute atomic E-state index is 0.366. The first-order valence-electron chi connectivity index (χ1n) is 7.46. The second kappa shape index (κ2) is 5.09. The smallest absolute Gasteiger partial charge is 0.202 e. The summed E-state index contributed by atoms with van der Waals surface area (Å²) >= 11 is 0. The van der Waals surface area contributed by atoms with E-state index in [0.717, 1.165) is 49.1 Å². The van der Waals surface area contributed by atoms with Gasteiger partial charge in [0.1, 0.15) is 5.52 Å². The lowest BCUT2D eigenvalue weighted by molar-refractivity contribution is -0.0184. The van der Waals surface area contributed by atoms with Crippen molar-refractivity contribution in [1.29, 1.82) is 0 Å². The number of aromatic nitrogens is 4. The number of rotatable bonds is 5. The first-order valence-corrected chi connectivity index (χ1v) is 7.46. The first-order chi connectivity index (χ1) is 9.65. The van der Waals surface area contributed by atoms with Crippen LogP contribution >= 0.6 is 0 Å². The molecule has 6 heteroatoms. The number of aryl methyl sites for hydroxylation is 2. The molecular weight excluding hydrogens is 254 g/mol. The van der Waals surface area contributed by atoms with E-state index in [4.69, 9.17) is 10.5 Å². The number of hydrogen-bond acceptors (Lipinski definition) is 4. The monoisotopic (exact) mass is 277 g/mol. The van der Waals surface area contributed by atoms with Crippen LogP contribution < -0.4 is 5.73 Å². The molecule has 0 unspecified atom stereocenters. The molecular formula is C14H23N5O. The molecule has 3 rings (SSSR count). The molecule has 1 fully saturated rings. The molecule has 2 aromatic heterocycles. The summed E-state index contributed by atoms with van der Waals surface area (Å²) in [5, 5.41) is 4.58. The lowest BCUT2D eigenvalue weighted by Gasteiger charge is -2.36. The Kier molecular flexibility index (Phi) is 3.41. The molecule has 6 nitrogen and oxygen atoms in total. The minimum Gasteiger partial charge on any atom is -0.378 e. The molecule has 0 aromatic carbocycles. The summed E-state index contributed by atoms with van der Waals surface area (Å²) in [5.74, 6) is 0.602. The lowest BCUT2D eigenvalue weighted by atomic mass is 9.89. The maximum absolute atomic E-state index is 6.13. The fourth-order valence-electron chi connectivity index (χ4n) is 3.11. The van der Waals surface area contributed by atoms with Gasteiger partial charge in [-0.1, -0.05) is 13.3 Å². The zero-order valence-electron chi connectivity index (χ0n) is 12.5. The van der Waals surface area contributed by atoms with Gasteiger partial charge in [0.05, 0.1) is 11.8 Å². The fraction of sp³-hybridized carbons (Fsp3) is 0.714. The largest absolute Gasteiger partial charge is 0.378 e. The van der Waals surface area contributed by atoms with Gasteiger partial charge in [0.2, 0.25) is 5.95 Å². The van der Waals surface area contributed by atoms with E-state index >= 15 is 0 Å². The van der Waals surface area contributed by atoms with E-state index in [2.05, 4.69) is 21.6 Å². The molecule has 1 aliphatic carbocycles. The van der Waals surface area contributed by atoms with Gasteiger partial charge in [-0.3, -0.25) is 9.25 Å². The number of imidazole rings is 1. The molecule has 0 aliphatic heterocycles. The van der Waals surface area contributed by atoms with E-state index in [1.165, 1.54) is 0 Å². The van der Waals surface area contributed by atoms with E-state index in [1.54, 1.807) is 0 Å². The number of ether oxygens (including phenoxy) is 1. The third kappa shape index (κ3) is 1.98. The Morgan fingerprint density at radius 1 is 1.35 bits per heavy atom. The van der Waals surface area contributed by atoms with Gasteiger partial charge in [-0.05, 0) is 26.2 Å². The standard InChI is InChI=1S/C14H23N5O/c1-4-6-11-12-13(18(3)17-11)19(14(15)16-12)9-7-10(8-9)20-5-2/h9-10H,4-8H2,1-3H3,(H2,15,16). The van der Waals surface area contributed by atoms with Crippen molar-refractivity contribution in [3.8, 4) is 0 Å². The minimum atomic E-state index is 0.366. The maximum Gasteiger partial charge on any atom is 0.202 e. The highest BCUT2D eigenvalue weighted by atomic mass is 16.5. The number of hydrogen-bond donors (Lipinski definition) is 1. The van der Waals surface area contributed by atoms with Gasteiger partial charge in [-0.2, -0.15) is 5.10 Å². The number of nitrogen functional groups attached to an aromatic ring is 1. The van der Waals surface area contributed by atoms with E-state index in [1.807, 2.05) is 18.7 Å². The SMILES string of the molecule is CCCc1nn(C)c2c1nc(N)n2C1CC(OCC)C1. The van der Waals surface area contributed by atoms with Crippen LogP contribution in [0.15, 0.2) is 0 Å². The highest BCUT2D eigenvalue weighted by molar-refractivity contribution is 5.78. The Bertz CT molecular complexity index is 609. The Labute approximate surface area is 118 Å². The Balaban J connectivity index is 1.93. The van der Waals surface area contributed by atoms with Crippen molar-refractivity contribution in [2.75, 3.05) is 12.3 Å². The van der Waals surface area contributed by atoms with Crippen LogP contribution in [-0.4, -0.2) is 32.0 Å². The third-order valence-corrected chi connectivity index (χ3v) is 4.09. The molecule has 2 heterocycles. The van der Waals surface area contributed by atoms with E-state index in [9.17, 15) is 0 Å². The topological polar surface area (TPSA) is 70.9 Å². The van der Waals surface area contributed by atoms with Gasteiger partial charge in [-0.25, -0.2) is 4.98 Å². The third-order valence-electron chi connectivity index (χ3n) is 4.09. The molecule has 110 valence electrons. The highest BCUT2D eigenvalue weighted by Gasteiger charge is 2.34. The Morgan fingerprint density at radius 2 is 2.10 bits per heavy atom. The van der Waals surface area contributed by atoms with Crippen LogP contribution in [-0.2, 0) is 18.2 Å². The zero-order valence-corrected chi connectivity index (χ0v) is 12.5. The molecule has 1 aliphatic rings. The summed E-state index contributed by atoms with van der Waals surface area (Å²) in [6, 6.07) is 0.390. The number of fused-ring (bicyclic) bond motifs is 1. The van der Waals surface area contributed by atoms with Crippen molar-refractivity contribution in [1.82, 2.24) is 19.3 Å². The van der Waals surface area contributed by atoms with Crippen molar-refractivity contribution < 1.29 is 4.74 Å². The van der Waals surface area contributed by atoms with Crippen molar-refractivity contribution in [2.45, 2.75) is 51.7 Å². The molecule has 20 heavy (non-hydrogen) atoms. The average Bonchev–Trinajstić information content (AvgIpc) is 2.83. The summed E-state index contributed by atoms with van der Waals surface area (Å²) in [4.78, 5) is 4.54. The van der Waals surface area contributed by atoms with E-state index < -0.39 is 0 Å². The summed E-state index contributed by atoms with van der Waals surface area (Å²) in [6.07, 6.45) is 4.40. The molecule has 0 atom stereocenters. The van der Waals surface area contributed by atoms with Gasteiger partial charge < -0.3 is 10.5 Å². The number of nitrogens with zero attached hydrogens (tertiary/aromatic N) is 4. The lowest BCUT2D eigenvalue weighted by Crippen LogP contribution is -2.34. The van der Waals surface area contributed by atoms with E-state index in [-0.39, 0.29) is 0 Å².